The molecular weight excluding hydrogens is 338 g/mol. The molecule has 2 unspecified atom stereocenters. The molecule has 4 N–H and O–H groups in total. The fourth-order valence-electron chi connectivity index (χ4n) is 4.04. The van der Waals surface area contributed by atoms with E-state index < -0.39 is 0 Å². The van der Waals surface area contributed by atoms with Gasteiger partial charge in [-0.1, -0.05) is 24.5 Å². The molecule has 142 valence electrons. The average molecular weight is 365 g/mol. The van der Waals surface area contributed by atoms with Crippen LogP contribution in [0.4, 0.5) is 5.82 Å². The van der Waals surface area contributed by atoms with E-state index in [-0.39, 0.29) is 17.5 Å². The predicted octanol–water partition coefficient (Wildman–Crippen LogP) is 3.49. The first kappa shape index (κ1) is 19.1. The summed E-state index contributed by atoms with van der Waals surface area (Å²) in [4.78, 5) is 9.06. The topological polar surface area (TPSA) is 108 Å². The van der Waals surface area contributed by atoms with Crippen molar-refractivity contribution in [3.8, 4) is 23.2 Å². The Balaban J connectivity index is 2.07. The molecule has 0 bridgehead atoms. The van der Waals surface area contributed by atoms with Gasteiger partial charge in [0.2, 0.25) is 0 Å². The Kier molecular flexibility index (Phi) is 5.92. The van der Waals surface area contributed by atoms with Crippen LogP contribution in [-0.4, -0.2) is 28.7 Å². The molecule has 2 aromatic rings. The Morgan fingerprint density at radius 2 is 2.07 bits per heavy atom. The highest BCUT2D eigenvalue weighted by molar-refractivity contribution is 5.67. The first-order valence-corrected chi connectivity index (χ1v) is 9.55. The summed E-state index contributed by atoms with van der Waals surface area (Å²) in [5, 5.41) is 23.2. The van der Waals surface area contributed by atoms with Crippen molar-refractivity contribution in [1.82, 2.24) is 15.3 Å². The van der Waals surface area contributed by atoms with Crippen LogP contribution in [0.25, 0.3) is 11.4 Å². The van der Waals surface area contributed by atoms with E-state index >= 15 is 0 Å². The van der Waals surface area contributed by atoms with Gasteiger partial charge in [-0.25, -0.2) is 9.97 Å². The van der Waals surface area contributed by atoms with Crippen LogP contribution in [0.15, 0.2) is 18.2 Å². The number of nitrogens with zero attached hydrogens (tertiary/aromatic N) is 3. The van der Waals surface area contributed by atoms with Crippen LogP contribution in [0, 0.1) is 24.2 Å². The molecule has 3 rings (SSSR count). The molecule has 6 nitrogen and oxygen atoms in total. The normalized spacial score (nSPS) is 20.0. The minimum Gasteiger partial charge on any atom is -0.507 e. The third kappa shape index (κ3) is 4.20. The van der Waals surface area contributed by atoms with Crippen LogP contribution in [0.2, 0.25) is 0 Å². The van der Waals surface area contributed by atoms with Gasteiger partial charge in [0.1, 0.15) is 23.2 Å². The molecule has 0 saturated heterocycles. The van der Waals surface area contributed by atoms with Crippen molar-refractivity contribution < 1.29 is 5.11 Å². The summed E-state index contributed by atoms with van der Waals surface area (Å²) >= 11 is 0. The van der Waals surface area contributed by atoms with Crippen LogP contribution >= 0.6 is 0 Å². The Morgan fingerprint density at radius 1 is 1.30 bits per heavy atom. The molecule has 0 spiro atoms. The smallest absolute Gasteiger partial charge is 0.165 e. The molecule has 1 aliphatic carbocycles. The van der Waals surface area contributed by atoms with Crippen LogP contribution in [0.5, 0.6) is 5.75 Å². The van der Waals surface area contributed by atoms with Gasteiger partial charge in [-0.15, -0.1) is 0 Å². The largest absolute Gasteiger partial charge is 0.507 e. The maximum absolute atomic E-state index is 10.3. The van der Waals surface area contributed by atoms with E-state index in [1.54, 1.807) is 6.07 Å². The Bertz CT molecular complexity index is 858. The molecule has 0 amide bonds. The molecule has 1 heterocycles. The number of aromatic hydroxyl groups is 1. The summed E-state index contributed by atoms with van der Waals surface area (Å²) in [5.74, 6) is 1.42. The van der Waals surface area contributed by atoms with Crippen LogP contribution in [0.1, 0.15) is 54.8 Å². The van der Waals surface area contributed by atoms with Crippen molar-refractivity contribution in [2.75, 3.05) is 19.3 Å². The monoisotopic (exact) mass is 365 g/mol. The molecule has 1 saturated carbocycles. The summed E-state index contributed by atoms with van der Waals surface area (Å²) < 4.78 is 0. The number of nitrogens with one attached hydrogen (secondary N) is 1. The van der Waals surface area contributed by atoms with Crippen molar-refractivity contribution in [2.45, 2.75) is 44.9 Å². The number of hydrogen-bond donors (Lipinski definition) is 3. The minimum atomic E-state index is 0.115. The Hall–Kier alpha value is -2.65. The molecule has 1 fully saturated rings. The van der Waals surface area contributed by atoms with Gasteiger partial charge < -0.3 is 16.2 Å². The van der Waals surface area contributed by atoms with Crippen molar-refractivity contribution in [1.29, 1.82) is 5.26 Å². The number of nitrogens with two attached hydrogens (primary N) is 1. The second-order valence-corrected chi connectivity index (χ2v) is 7.47. The zero-order valence-electron chi connectivity index (χ0n) is 16.0. The predicted molar refractivity (Wildman–Crippen MR) is 106 cm³/mol. The maximum atomic E-state index is 10.3. The van der Waals surface area contributed by atoms with E-state index in [4.69, 9.17) is 10.7 Å². The van der Waals surface area contributed by atoms with Crippen molar-refractivity contribution in [2.24, 2.45) is 5.92 Å². The highest BCUT2D eigenvalue weighted by atomic mass is 16.3. The van der Waals surface area contributed by atoms with Gasteiger partial charge in [-0.2, -0.15) is 5.26 Å². The van der Waals surface area contributed by atoms with Gasteiger partial charge in [0.15, 0.2) is 5.82 Å². The fourth-order valence-corrected chi connectivity index (χ4v) is 4.04. The third-order valence-corrected chi connectivity index (χ3v) is 5.38. The van der Waals surface area contributed by atoms with Gasteiger partial charge in [0.25, 0.3) is 0 Å². The maximum Gasteiger partial charge on any atom is 0.165 e. The number of nitrogen functional groups attached to an aromatic ring is 1. The van der Waals surface area contributed by atoms with Crippen molar-refractivity contribution >= 4 is 5.82 Å². The van der Waals surface area contributed by atoms with Gasteiger partial charge in [-0.3, -0.25) is 0 Å². The van der Waals surface area contributed by atoms with Crippen molar-refractivity contribution in [3.05, 3.63) is 35.0 Å². The lowest BCUT2D eigenvalue weighted by Gasteiger charge is -2.21. The summed E-state index contributed by atoms with van der Waals surface area (Å²) in [5.41, 5.74) is 8.78. The first-order valence-electron chi connectivity index (χ1n) is 9.55. The summed E-state index contributed by atoms with van der Waals surface area (Å²) in [6.07, 6.45) is 5.46. The van der Waals surface area contributed by atoms with Crippen LogP contribution in [-0.2, 0) is 0 Å². The highest BCUT2D eigenvalue weighted by Crippen LogP contribution is 2.38. The van der Waals surface area contributed by atoms with E-state index in [1.807, 2.05) is 26.1 Å². The zero-order chi connectivity index (χ0) is 19.4. The molecule has 6 heteroatoms. The molecule has 2 atom stereocenters. The molecule has 1 aromatic heterocycles. The van der Waals surface area contributed by atoms with E-state index in [0.717, 1.165) is 37.1 Å². The van der Waals surface area contributed by atoms with Gasteiger partial charge in [-0.05, 0) is 57.8 Å². The van der Waals surface area contributed by atoms with E-state index in [0.29, 0.717) is 22.9 Å². The number of hydrogen-bond acceptors (Lipinski definition) is 6. The third-order valence-electron chi connectivity index (χ3n) is 5.38. The SMILES string of the molecule is CNCC1CCCCC(c2nc(-c3cc(C)ccc3O)nc(N)c2C#N)C1. The Labute approximate surface area is 160 Å². The zero-order valence-corrected chi connectivity index (χ0v) is 16.0. The number of phenolic OH excluding ortho intramolecular Hbond substituents is 1. The van der Waals surface area contributed by atoms with Crippen LogP contribution in [0.3, 0.4) is 0 Å². The van der Waals surface area contributed by atoms with E-state index in [9.17, 15) is 10.4 Å². The lowest BCUT2D eigenvalue weighted by molar-refractivity contribution is 0.415. The Morgan fingerprint density at radius 3 is 2.81 bits per heavy atom. The second-order valence-electron chi connectivity index (χ2n) is 7.47. The van der Waals surface area contributed by atoms with Crippen LogP contribution < -0.4 is 11.1 Å². The molecular formula is C21H27N5O. The lowest BCUT2D eigenvalue weighted by Crippen LogP contribution is -2.20. The van der Waals surface area contributed by atoms with Gasteiger partial charge in [0.05, 0.1) is 11.3 Å². The van der Waals surface area contributed by atoms with Gasteiger partial charge in [0, 0.05) is 5.92 Å². The number of nitriles is 1. The lowest BCUT2D eigenvalue weighted by atomic mass is 9.88. The fraction of sp³-hybridized carbons (Fsp3) is 0.476. The van der Waals surface area contributed by atoms with E-state index in [2.05, 4.69) is 16.4 Å². The number of aromatic nitrogens is 2. The minimum absolute atomic E-state index is 0.115. The van der Waals surface area contributed by atoms with Gasteiger partial charge >= 0.3 is 0 Å². The first-order chi connectivity index (χ1) is 13.0. The standard InChI is InChI=1S/C21H27N5O/c1-13-7-8-18(27)16(9-13)21-25-19(17(11-22)20(23)26-21)15-6-4-3-5-14(10-15)12-24-2/h7-9,14-15,24,27H,3-6,10,12H2,1-2H3,(H2,23,25,26). The second kappa shape index (κ2) is 8.36. The number of phenols is 1. The summed E-state index contributed by atoms with van der Waals surface area (Å²) in [6.45, 7) is 2.91. The number of benzene rings is 1. The number of rotatable bonds is 4. The number of anilines is 1. The van der Waals surface area contributed by atoms with Crippen molar-refractivity contribution in [3.63, 3.8) is 0 Å². The quantitative estimate of drug-likeness (QED) is 0.716. The molecule has 1 aromatic carbocycles. The summed E-state index contributed by atoms with van der Waals surface area (Å²) in [7, 11) is 1.97. The summed E-state index contributed by atoms with van der Waals surface area (Å²) in [6, 6.07) is 7.52. The highest BCUT2D eigenvalue weighted by Gasteiger charge is 2.27. The molecule has 1 aliphatic rings. The molecule has 0 aliphatic heterocycles. The van der Waals surface area contributed by atoms with E-state index in [1.165, 1.54) is 12.8 Å². The molecule has 27 heavy (non-hydrogen) atoms. The number of aryl methyl sites for hydroxylation is 1. The average Bonchev–Trinajstić information content (AvgIpc) is 2.89. The molecule has 0 radical (unpaired) electrons.